The lowest BCUT2D eigenvalue weighted by molar-refractivity contribution is 0.627. The Morgan fingerprint density at radius 1 is 1.36 bits per heavy atom. The highest BCUT2D eigenvalue weighted by atomic mass is 16.3. The number of nitrogens with one attached hydrogen (secondary N) is 1. The quantitative estimate of drug-likeness (QED) is 0.779. The number of furan rings is 1. The summed E-state index contributed by atoms with van der Waals surface area (Å²) in [5.74, 6) is 0.788. The van der Waals surface area contributed by atoms with Crippen LogP contribution in [0.25, 0.3) is 11.0 Å². The molecule has 2 aromatic rings. The number of rotatable bonds is 3. The summed E-state index contributed by atoms with van der Waals surface area (Å²) in [5.41, 5.74) is 7.54. The predicted molar refractivity (Wildman–Crippen MR) is 58.5 cm³/mol. The van der Waals surface area contributed by atoms with Crippen LogP contribution < -0.4 is 11.1 Å². The zero-order valence-electron chi connectivity index (χ0n) is 8.21. The molecule has 1 aromatic heterocycles. The molecule has 3 N–H and O–H groups in total. The van der Waals surface area contributed by atoms with Crippen molar-refractivity contribution >= 4 is 16.9 Å². The molecular formula is C11H14N2O. The second-order valence-electron chi connectivity index (χ2n) is 3.37. The number of nitrogens with two attached hydrogens (primary N) is 1. The Kier molecular flexibility index (Phi) is 2.41. The maximum Gasteiger partial charge on any atom is 0.194 e. The van der Waals surface area contributed by atoms with E-state index in [1.54, 1.807) is 0 Å². The lowest BCUT2D eigenvalue weighted by atomic mass is 10.2. The summed E-state index contributed by atoms with van der Waals surface area (Å²) >= 11 is 0. The van der Waals surface area contributed by atoms with Crippen LogP contribution in [0.4, 0.5) is 5.88 Å². The summed E-state index contributed by atoms with van der Waals surface area (Å²) in [6.07, 6.45) is 0. The molecule has 0 unspecified atom stereocenters. The maximum absolute atomic E-state index is 5.56. The molecule has 0 spiro atoms. The first-order chi connectivity index (χ1) is 6.79. The molecule has 2 rings (SSSR count). The molecule has 0 amide bonds. The lowest BCUT2D eigenvalue weighted by Gasteiger charge is -1.96. The average molecular weight is 190 g/mol. The van der Waals surface area contributed by atoms with Crippen LogP contribution in [0, 0.1) is 6.92 Å². The molecule has 0 saturated heterocycles. The van der Waals surface area contributed by atoms with Crippen LogP contribution in [0.3, 0.4) is 0 Å². The molecular weight excluding hydrogens is 176 g/mol. The Balaban J connectivity index is 2.32. The van der Waals surface area contributed by atoms with Gasteiger partial charge in [0.05, 0.1) is 0 Å². The molecule has 0 aliphatic carbocycles. The molecule has 74 valence electrons. The topological polar surface area (TPSA) is 51.2 Å². The standard InChI is InChI=1S/C11H14N2O/c1-8-2-3-10-9(6-8)7-11(14-10)13-5-4-12/h2-3,6-7,13H,4-5,12H2,1H3. The minimum atomic E-state index is 0.607. The van der Waals surface area contributed by atoms with Gasteiger partial charge in [0.25, 0.3) is 0 Å². The van der Waals surface area contributed by atoms with Gasteiger partial charge in [0.15, 0.2) is 5.88 Å². The van der Waals surface area contributed by atoms with Gasteiger partial charge in [0.1, 0.15) is 5.58 Å². The molecule has 1 aromatic carbocycles. The van der Waals surface area contributed by atoms with Crippen molar-refractivity contribution in [3.8, 4) is 0 Å². The van der Waals surface area contributed by atoms with Crippen LogP contribution in [0.1, 0.15) is 5.56 Å². The molecule has 0 fully saturated rings. The molecule has 3 heteroatoms. The molecule has 0 saturated carbocycles. The smallest absolute Gasteiger partial charge is 0.194 e. The number of hydrogen-bond acceptors (Lipinski definition) is 3. The first kappa shape index (κ1) is 9.09. The van der Waals surface area contributed by atoms with Gasteiger partial charge in [-0.2, -0.15) is 0 Å². The highest BCUT2D eigenvalue weighted by Gasteiger charge is 2.01. The van der Waals surface area contributed by atoms with Crippen molar-refractivity contribution < 1.29 is 4.42 Å². The Labute approximate surface area is 82.9 Å². The van der Waals surface area contributed by atoms with Crippen molar-refractivity contribution in [3.05, 3.63) is 29.8 Å². The molecule has 0 radical (unpaired) electrons. The zero-order valence-corrected chi connectivity index (χ0v) is 8.21. The van der Waals surface area contributed by atoms with Crippen molar-refractivity contribution in [2.75, 3.05) is 18.4 Å². The fourth-order valence-electron chi connectivity index (χ4n) is 1.45. The van der Waals surface area contributed by atoms with E-state index in [0.29, 0.717) is 6.54 Å². The second kappa shape index (κ2) is 3.72. The normalized spacial score (nSPS) is 10.7. The van der Waals surface area contributed by atoms with Gasteiger partial charge in [-0.25, -0.2) is 0 Å². The van der Waals surface area contributed by atoms with Crippen LogP contribution >= 0.6 is 0 Å². The molecule has 0 atom stereocenters. The summed E-state index contributed by atoms with van der Waals surface area (Å²) in [6.45, 7) is 3.41. The van der Waals surface area contributed by atoms with Crippen LogP contribution in [-0.2, 0) is 0 Å². The van der Waals surface area contributed by atoms with Gasteiger partial charge in [0, 0.05) is 24.5 Å². The third kappa shape index (κ3) is 1.72. The van der Waals surface area contributed by atoms with Crippen LogP contribution in [0.2, 0.25) is 0 Å². The molecule has 0 bridgehead atoms. The third-order valence-electron chi connectivity index (χ3n) is 2.12. The van der Waals surface area contributed by atoms with Crippen molar-refractivity contribution in [1.82, 2.24) is 0 Å². The Hall–Kier alpha value is -1.48. The minimum Gasteiger partial charge on any atom is -0.441 e. The van der Waals surface area contributed by atoms with Crippen LogP contribution in [0.5, 0.6) is 0 Å². The van der Waals surface area contributed by atoms with E-state index >= 15 is 0 Å². The van der Waals surface area contributed by atoms with E-state index in [4.69, 9.17) is 10.2 Å². The first-order valence-corrected chi connectivity index (χ1v) is 4.74. The van der Waals surface area contributed by atoms with Crippen LogP contribution in [0.15, 0.2) is 28.7 Å². The SMILES string of the molecule is Cc1ccc2oc(NCCN)cc2c1. The summed E-state index contributed by atoms with van der Waals surface area (Å²) in [7, 11) is 0. The predicted octanol–water partition coefficient (Wildman–Crippen LogP) is 2.11. The van der Waals surface area contributed by atoms with Crippen molar-refractivity contribution in [2.24, 2.45) is 5.73 Å². The van der Waals surface area contributed by atoms with E-state index in [9.17, 15) is 0 Å². The van der Waals surface area contributed by atoms with E-state index in [2.05, 4.69) is 18.3 Å². The summed E-state index contributed by atoms with van der Waals surface area (Å²) in [5, 5.41) is 4.24. The first-order valence-electron chi connectivity index (χ1n) is 4.74. The molecule has 1 heterocycles. The van der Waals surface area contributed by atoms with E-state index in [0.717, 1.165) is 23.4 Å². The number of anilines is 1. The Morgan fingerprint density at radius 2 is 2.21 bits per heavy atom. The Morgan fingerprint density at radius 3 is 3.00 bits per heavy atom. The Bertz CT molecular complexity index is 434. The maximum atomic E-state index is 5.56. The van der Waals surface area contributed by atoms with Gasteiger partial charge >= 0.3 is 0 Å². The third-order valence-corrected chi connectivity index (χ3v) is 2.12. The van der Waals surface area contributed by atoms with Crippen LogP contribution in [-0.4, -0.2) is 13.1 Å². The number of hydrogen-bond donors (Lipinski definition) is 2. The van der Waals surface area contributed by atoms with Crippen molar-refractivity contribution in [1.29, 1.82) is 0 Å². The van der Waals surface area contributed by atoms with Gasteiger partial charge in [-0.15, -0.1) is 0 Å². The summed E-state index contributed by atoms with van der Waals surface area (Å²) in [4.78, 5) is 0. The average Bonchev–Trinajstić information content (AvgIpc) is 2.56. The van der Waals surface area contributed by atoms with Gasteiger partial charge in [0.2, 0.25) is 0 Å². The molecule has 14 heavy (non-hydrogen) atoms. The largest absolute Gasteiger partial charge is 0.441 e. The highest BCUT2D eigenvalue weighted by Crippen LogP contribution is 2.23. The number of aryl methyl sites for hydroxylation is 1. The van der Waals surface area contributed by atoms with Crippen molar-refractivity contribution in [3.63, 3.8) is 0 Å². The number of fused-ring (bicyclic) bond motifs is 1. The molecule has 0 aliphatic rings. The van der Waals surface area contributed by atoms with Crippen molar-refractivity contribution in [2.45, 2.75) is 6.92 Å². The van der Waals surface area contributed by atoms with E-state index in [-0.39, 0.29) is 0 Å². The fourth-order valence-corrected chi connectivity index (χ4v) is 1.45. The van der Waals surface area contributed by atoms with Gasteiger partial charge in [-0.1, -0.05) is 11.6 Å². The van der Waals surface area contributed by atoms with Gasteiger partial charge in [-0.05, 0) is 19.1 Å². The van der Waals surface area contributed by atoms with E-state index in [1.165, 1.54) is 5.56 Å². The monoisotopic (exact) mass is 190 g/mol. The number of benzene rings is 1. The fraction of sp³-hybridized carbons (Fsp3) is 0.273. The highest BCUT2D eigenvalue weighted by molar-refractivity contribution is 5.81. The van der Waals surface area contributed by atoms with Gasteiger partial charge in [-0.3, -0.25) is 0 Å². The molecule has 0 aliphatic heterocycles. The lowest BCUT2D eigenvalue weighted by Crippen LogP contribution is -2.12. The second-order valence-corrected chi connectivity index (χ2v) is 3.37. The van der Waals surface area contributed by atoms with E-state index < -0.39 is 0 Å². The molecule has 3 nitrogen and oxygen atoms in total. The minimum absolute atomic E-state index is 0.607. The van der Waals surface area contributed by atoms with E-state index in [1.807, 2.05) is 18.2 Å². The zero-order chi connectivity index (χ0) is 9.97. The summed E-state index contributed by atoms with van der Waals surface area (Å²) in [6, 6.07) is 8.13. The van der Waals surface area contributed by atoms with Gasteiger partial charge < -0.3 is 15.5 Å². The summed E-state index contributed by atoms with van der Waals surface area (Å²) < 4.78 is 5.56.